The molecule has 0 saturated carbocycles. The molecule has 2 N–H and O–H groups in total. The average Bonchev–Trinajstić information content (AvgIpc) is 2.51. The lowest BCUT2D eigenvalue weighted by Gasteiger charge is -2.23. The Morgan fingerprint density at radius 3 is 2.39 bits per heavy atom. The van der Waals surface area contributed by atoms with Crippen molar-refractivity contribution >= 4 is 39.1 Å². The molecule has 23 heavy (non-hydrogen) atoms. The Morgan fingerprint density at radius 2 is 1.78 bits per heavy atom. The Kier molecular flexibility index (Phi) is 6.63. The van der Waals surface area contributed by atoms with Crippen LogP contribution in [0, 0.1) is 5.92 Å². The first-order chi connectivity index (χ1) is 11.0. The van der Waals surface area contributed by atoms with Crippen molar-refractivity contribution in [1.29, 1.82) is 0 Å². The quantitative estimate of drug-likeness (QED) is 0.720. The van der Waals surface area contributed by atoms with Gasteiger partial charge in [0.05, 0.1) is 12.2 Å². The van der Waals surface area contributed by atoms with Gasteiger partial charge in [0.15, 0.2) is 0 Å². The van der Waals surface area contributed by atoms with Crippen LogP contribution < -0.4 is 10.6 Å². The van der Waals surface area contributed by atoms with Crippen LogP contribution in [0.3, 0.4) is 0 Å². The van der Waals surface area contributed by atoms with Crippen LogP contribution in [0.1, 0.15) is 25.5 Å². The number of rotatable bonds is 6. The molecule has 0 heterocycles. The molecule has 3 nitrogen and oxygen atoms in total. The van der Waals surface area contributed by atoms with Crippen LogP contribution in [0.4, 0.5) is 5.69 Å². The fraction of sp³-hybridized carbons (Fsp3) is 0.278. The van der Waals surface area contributed by atoms with Crippen molar-refractivity contribution in [2.24, 2.45) is 5.92 Å². The van der Waals surface area contributed by atoms with Crippen LogP contribution in [0.25, 0.3) is 0 Å². The summed E-state index contributed by atoms with van der Waals surface area (Å²) in [5.41, 5.74) is 1.89. The maximum absolute atomic E-state index is 12.2. The van der Waals surface area contributed by atoms with E-state index in [1.807, 2.05) is 48.5 Å². The Bertz CT molecular complexity index is 658. The molecule has 0 aliphatic rings. The number of anilines is 1. The predicted molar refractivity (Wildman–Crippen MR) is 99.8 cm³/mol. The summed E-state index contributed by atoms with van der Waals surface area (Å²) in [6.45, 7) is 4.49. The van der Waals surface area contributed by atoms with Gasteiger partial charge in [-0.2, -0.15) is 0 Å². The second-order valence-electron chi connectivity index (χ2n) is 5.68. The van der Waals surface area contributed by atoms with Gasteiger partial charge >= 0.3 is 0 Å². The third-order valence-corrected chi connectivity index (χ3v) is 4.47. The first-order valence-electron chi connectivity index (χ1n) is 7.50. The zero-order valence-corrected chi connectivity index (χ0v) is 15.5. The standard InChI is InChI=1S/C18H20BrClN2O/c1-12(2)18(13-7-9-14(20)10-8-13)21-11-17(23)22-16-6-4-3-5-15(16)19/h3-10,12,18,21H,11H2,1-2H3,(H,22,23)/t18-/m0/s1. The Hall–Kier alpha value is -1.36. The molecule has 0 aliphatic heterocycles. The third-order valence-electron chi connectivity index (χ3n) is 3.53. The number of carbonyl (C=O) groups is 1. The molecule has 1 atom stereocenters. The molecule has 0 radical (unpaired) electrons. The maximum Gasteiger partial charge on any atom is 0.238 e. The van der Waals surface area contributed by atoms with Crippen molar-refractivity contribution in [1.82, 2.24) is 5.32 Å². The Labute approximate surface area is 150 Å². The summed E-state index contributed by atoms with van der Waals surface area (Å²) in [7, 11) is 0. The van der Waals surface area contributed by atoms with Gasteiger partial charge in [-0.1, -0.05) is 49.7 Å². The first kappa shape index (κ1) is 18.0. The van der Waals surface area contributed by atoms with Gasteiger partial charge in [-0.25, -0.2) is 0 Å². The van der Waals surface area contributed by atoms with Crippen molar-refractivity contribution in [2.75, 3.05) is 11.9 Å². The van der Waals surface area contributed by atoms with Crippen LogP contribution in [-0.4, -0.2) is 12.5 Å². The highest BCUT2D eigenvalue weighted by molar-refractivity contribution is 9.10. The lowest BCUT2D eigenvalue weighted by Crippen LogP contribution is -2.33. The maximum atomic E-state index is 12.2. The molecule has 2 aromatic rings. The molecule has 2 rings (SSSR count). The van der Waals surface area contributed by atoms with E-state index in [1.165, 1.54) is 0 Å². The summed E-state index contributed by atoms with van der Waals surface area (Å²) < 4.78 is 0.867. The number of benzene rings is 2. The monoisotopic (exact) mass is 394 g/mol. The number of amides is 1. The third kappa shape index (κ3) is 5.34. The Balaban J connectivity index is 1.97. The minimum atomic E-state index is -0.0727. The topological polar surface area (TPSA) is 41.1 Å². The summed E-state index contributed by atoms with van der Waals surface area (Å²) in [6.07, 6.45) is 0. The van der Waals surface area contributed by atoms with E-state index in [-0.39, 0.29) is 18.5 Å². The van der Waals surface area contributed by atoms with Gasteiger partial charge in [-0.05, 0) is 51.7 Å². The van der Waals surface area contributed by atoms with Crippen molar-refractivity contribution in [3.63, 3.8) is 0 Å². The summed E-state index contributed by atoms with van der Waals surface area (Å²) in [6, 6.07) is 15.4. The van der Waals surface area contributed by atoms with Crippen LogP contribution in [-0.2, 0) is 4.79 Å². The summed E-state index contributed by atoms with van der Waals surface area (Å²) in [5, 5.41) is 6.93. The highest BCUT2D eigenvalue weighted by Gasteiger charge is 2.16. The summed E-state index contributed by atoms with van der Waals surface area (Å²) in [5.74, 6) is 0.281. The molecule has 2 aromatic carbocycles. The fourth-order valence-electron chi connectivity index (χ4n) is 2.37. The van der Waals surface area contributed by atoms with Crippen molar-refractivity contribution < 1.29 is 4.79 Å². The first-order valence-corrected chi connectivity index (χ1v) is 8.67. The molecule has 1 amide bonds. The van der Waals surface area contributed by atoms with Crippen LogP contribution in [0.5, 0.6) is 0 Å². The lowest BCUT2D eigenvalue weighted by atomic mass is 9.96. The average molecular weight is 396 g/mol. The molecule has 0 spiro atoms. The minimum Gasteiger partial charge on any atom is -0.324 e. The number of hydrogen-bond donors (Lipinski definition) is 2. The predicted octanol–water partition coefficient (Wildman–Crippen LogP) is 5.03. The van der Waals surface area contributed by atoms with Crippen molar-refractivity contribution in [2.45, 2.75) is 19.9 Å². The number of carbonyl (C=O) groups excluding carboxylic acids is 1. The van der Waals surface area contributed by atoms with Gasteiger partial charge < -0.3 is 10.6 Å². The van der Waals surface area contributed by atoms with Crippen LogP contribution >= 0.6 is 27.5 Å². The van der Waals surface area contributed by atoms with E-state index in [0.29, 0.717) is 10.9 Å². The molecule has 0 aliphatic carbocycles. The molecule has 0 bridgehead atoms. The lowest BCUT2D eigenvalue weighted by molar-refractivity contribution is -0.115. The zero-order valence-electron chi connectivity index (χ0n) is 13.1. The highest BCUT2D eigenvalue weighted by Crippen LogP contribution is 2.24. The molecule has 0 saturated heterocycles. The number of nitrogens with one attached hydrogen (secondary N) is 2. The minimum absolute atomic E-state index is 0.0727. The SMILES string of the molecule is CC(C)[C@H](NCC(=O)Nc1ccccc1Br)c1ccc(Cl)cc1. The van der Waals surface area contributed by atoms with Crippen LogP contribution in [0.15, 0.2) is 53.0 Å². The van der Waals surface area contributed by atoms with E-state index in [9.17, 15) is 4.79 Å². The van der Waals surface area contributed by atoms with Gasteiger partial charge in [-0.15, -0.1) is 0 Å². The molecular weight excluding hydrogens is 376 g/mol. The van der Waals surface area contributed by atoms with Gasteiger partial charge in [0.2, 0.25) is 5.91 Å². The molecule has 0 aromatic heterocycles. The molecule has 122 valence electrons. The second kappa shape index (κ2) is 8.48. The largest absolute Gasteiger partial charge is 0.324 e. The summed E-state index contributed by atoms with van der Waals surface area (Å²) in [4.78, 5) is 12.2. The number of hydrogen-bond acceptors (Lipinski definition) is 2. The highest BCUT2D eigenvalue weighted by atomic mass is 79.9. The molecule has 5 heteroatoms. The molecular formula is C18H20BrClN2O. The Morgan fingerprint density at radius 1 is 1.13 bits per heavy atom. The molecule has 0 unspecified atom stereocenters. The van der Waals surface area contributed by atoms with Crippen molar-refractivity contribution in [3.05, 3.63) is 63.6 Å². The van der Waals surface area contributed by atoms with E-state index < -0.39 is 0 Å². The smallest absolute Gasteiger partial charge is 0.238 e. The van der Waals surface area contributed by atoms with E-state index >= 15 is 0 Å². The zero-order chi connectivity index (χ0) is 16.8. The van der Waals surface area contributed by atoms with E-state index in [4.69, 9.17) is 11.6 Å². The summed E-state index contributed by atoms with van der Waals surface area (Å²) >= 11 is 9.36. The van der Waals surface area contributed by atoms with Gasteiger partial charge in [0, 0.05) is 15.5 Å². The van der Waals surface area contributed by atoms with Gasteiger partial charge in [-0.3, -0.25) is 4.79 Å². The van der Waals surface area contributed by atoms with E-state index in [1.54, 1.807) is 0 Å². The fourth-order valence-corrected chi connectivity index (χ4v) is 2.88. The number of para-hydroxylation sites is 1. The van der Waals surface area contributed by atoms with Crippen molar-refractivity contribution in [3.8, 4) is 0 Å². The van der Waals surface area contributed by atoms with Gasteiger partial charge in [0.25, 0.3) is 0 Å². The van der Waals surface area contributed by atoms with E-state index in [2.05, 4.69) is 40.4 Å². The second-order valence-corrected chi connectivity index (χ2v) is 6.97. The van der Waals surface area contributed by atoms with E-state index in [0.717, 1.165) is 15.7 Å². The van der Waals surface area contributed by atoms with Gasteiger partial charge in [0.1, 0.15) is 0 Å². The molecule has 0 fully saturated rings. The van der Waals surface area contributed by atoms with Crippen LogP contribution in [0.2, 0.25) is 5.02 Å². The normalized spacial score (nSPS) is 12.2. The number of halogens is 2.